The molecule has 0 aliphatic rings. The molecule has 0 unspecified atom stereocenters. The van der Waals surface area contributed by atoms with E-state index in [1.807, 2.05) is 20.8 Å². The summed E-state index contributed by atoms with van der Waals surface area (Å²) in [6.45, 7) is 10.1. The fraction of sp³-hybridized carbons (Fsp3) is 0.700. The van der Waals surface area contributed by atoms with Crippen molar-refractivity contribution in [3.63, 3.8) is 0 Å². The first-order valence-corrected chi connectivity index (χ1v) is 4.38. The van der Waals surface area contributed by atoms with Gasteiger partial charge in [-0.1, -0.05) is 33.3 Å². The van der Waals surface area contributed by atoms with E-state index in [0.717, 1.165) is 11.1 Å². The smallest absolute Gasteiger partial charge is 0.244 e. The Morgan fingerprint density at radius 3 is 1.58 bits per heavy atom. The summed E-state index contributed by atoms with van der Waals surface area (Å²) >= 11 is 0. The van der Waals surface area contributed by atoms with Crippen LogP contribution in [0.2, 0.25) is 0 Å². The maximum absolute atomic E-state index is 11.1. The molecule has 0 radical (unpaired) electrons. The van der Waals surface area contributed by atoms with E-state index < -0.39 is 0 Å². The van der Waals surface area contributed by atoms with Crippen LogP contribution in [0.1, 0.15) is 34.6 Å². The van der Waals surface area contributed by atoms with E-state index in [1.165, 1.54) is 0 Å². The van der Waals surface area contributed by atoms with E-state index in [2.05, 4.69) is 13.8 Å². The molecule has 1 amide bonds. The van der Waals surface area contributed by atoms with Crippen molar-refractivity contribution in [3.05, 3.63) is 11.1 Å². The van der Waals surface area contributed by atoms with Crippen LogP contribution in [0.15, 0.2) is 11.1 Å². The average molecular weight is 169 g/mol. The van der Waals surface area contributed by atoms with Crippen LogP contribution in [0.5, 0.6) is 0 Å². The normalized spacial score (nSPS) is 13.6. The molecule has 0 saturated carbocycles. The molecular weight excluding hydrogens is 150 g/mol. The number of hydrogen-bond acceptors (Lipinski definition) is 1. The van der Waals surface area contributed by atoms with Gasteiger partial charge in [0.15, 0.2) is 0 Å². The van der Waals surface area contributed by atoms with Gasteiger partial charge in [-0.25, -0.2) is 0 Å². The van der Waals surface area contributed by atoms with Crippen LogP contribution in [-0.4, -0.2) is 5.91 Å². The summed E-state index contributed by atoms with van der Waals surface area (Å²) in [6.07, 6.45) is 0. The quantitative estimate of drug-likeness (QED) is 0.646. The van der Waals surface area contributed by atoms with Crippen LogP contribution in [0, 0.1) is 11.8 Å². The first kappa shape index (κ1) is 11.2. The third-order valence-electron chi connectivity index (χ3n) is 2.13. The predicted molar refractivity (Wildman–Crippen MR) is 51.6 cm³/mol. The molecule has 70 valence electrons. The topological polar surface area (TPSA) is 43.1 Å². The van der Waals surface area contributed by atoms with Gasteiger partial charge < -0.3 is 5.73 Å². The molecular formula is C10H19NO. The van der Waals surface area contributed by atoms with E-state index in [-0.39, 0.29) is 11.8 Å². The molecule has 2 nitrogen and oxygen atoms in total. The van der Waals surface area contributed by atoms with Crippen LogP contribution in [-0.2, 0) is 4.79 Å². The number of rotatable bonds is 3. The minimum absolute atomic E-state index is 0.227. The Labute approximate surface area is 74.8 Å². The second-order valence-corrected chi connectivity index (χ2v) is 3.77. The molecule has 0 aliphatic heterocycles. The van der Waals surface area contributed by atoms with Crippen molar-refractivity contribution in [3.8, 4) is 0 Å². The van der Waals surface area contributed by atoms with Crippen molar-refractivity contribution in [2.75, 3.05) is 0 Å². The average Bonchev–Trinajstić information content (AvgIpc) is 1.85. The molecule has 2 N–H and O–H groups in total. The summed E-state index contributed by atoms with van der Waals surface area (Å²) in [5.74, 6) is 0.344. The number of carbonyl (C=O) groups excluding carboxylic acids is 1. The number of carbonyl (C=O) groups is 1. The van der Waals surface area contributed by atoms with Gasteiger partial charge in [0.25, 0.3) is 0 Å². The summed E-state index contributed by atoms with van der Waals surface area (Å²) in [4.78, 5) is 11.1. The minimum atomic E-state index is -0.281. The summed E-state index contributed by atoms with van der Waals surface area (Å²) in [5, 5.41) is 0. The highest BCUT2D eigenvalue weighted by Crippen LogP contribution is 2.20. The third-order valence-corrected chi connectivity index (χ3v) is 2.13. The van der Waals surface area contributed by atoms with Crippen molar-refractivity contribution in [2.24, 2.45) is 17.6 Å². The van der Waals surface area contributed by atoms with Crippen LogP contribution < -0.4 is 5.73 Å². The Balaban J connectivity index is 4.94. The molecule has 0 aromatic heterocycles. The fourth-order valence-electron chi connectivity index (χ4n) is 1.25. The fourth-order valence-corrected chi connectivity index (χ4v) is 1.25. The van der Waals surface area contributed by atoms with Crippen LogP contribution in [0.25, 0.3) is 0 Å². The van der Waals surface area contributed by atoms with Crippen LogP contribution in [0.3, 0.4) is 0 Å². The summed E-state index contributed by atoms with van der Waals surface area (Å²) < 4.78 is 0. The van der Waals surface area contributed by atoms with E-state index in [0.29, 0.717) is 5.92 Å². The van der Waals surface area contributed by atoms with Gasteiger partial charge in [-0.3, -0.25) is 4.79 Å². The molecule has 2 heteroatoms. The lowest BCUT2D eigenvalue weighted by Crippen LogP contribution is -2.20. The monoisotopic (exact) mass is 169 g/mol. The van der Waals surface area contributed by atoms with Gasteiger partial charge in [0.05, 0.1) is 0 Å². The van der Waals surface area contributed by atoms with Crippen molar-refractivity contribution in [1.29, 1.82) is 0 Å². The van der Waals surface area contributed by atoms with Crippen molar-refractivity contribution in [1.82, 2.24) is 0 Å². The Kier molecular flexibility index (Phi) is 4.01. The standard InChI is InChI=1S/C10H19NO/c1-6(2)8(5)9(7(3)4)10(11)12/h6-7H,1-5H3,(H2,11,12). The van der Waals surface area contributed by atoms with E-state index in [4.69, 9.17) is 5.73 Å². The molecule has 0 fully saturated rings. The third kappa shape index (κ3) is 2.68. The number of hydrogen-bond donors (Lipinski definition) is 1. The Hall–Kier alpha value is -0.790. The van der Waals surface area contributed by atoms with Crippen molar-refractivity contribution >= 4 is 5.91 Å². The van der Waals surface area contributed by atoms with Gasteiger partial charge in [-0.15, -0.1) is 0 Å². The largest absolute Gasteiger partial charge is 0.366 e. The zero-order chi connectivity index (χ0) is 9.89. The number of primary amides is 1. The van der Waals surface area contributed by atoms with Gasteiger partial charge in [-0.05, 0) is 18.8 Å². The molecule has 0 heterocycles. The first-order valence-electron chi connectivity index (χ1n) is 4.38. The van der Waals surface area contributed by atoms with Gasteiger partial charge in [-0.2, -0.15) is 0 Å². The first-order chi connectivity index (χ1) is 5.37. The van der Waals surface area contributed by atoms with E-state index in [1.54, 1.807) is 0 Å². The van der Waals surface area contributed by atoms with Crippen molar-refractivity contribution in [2.45, 2.75) is 34.6 Å². The number of allylic oxidation sites excluding steroid dienone is 1. The lowest BCUT2D eigenvalue weighted by atomic mass is 9.91. The molecule has 0 spiro atoms. The molecule has 0 saturated heterocycles. The lowest BCUT2D eigenvalue weighted by Gasteiger charge is -2.14. The molecule has 0 atom stereocenters. The Bertz CT molecular complexity index is 202. The van der Waals surface area contributed by atoms with Crippen LogP contribution >= 0.6 is 0 Å². The van der Waals surface area contributed by atoms with Crippen LogP contribution in [0.4, 0.5) is 0 Å². The van der Waals surface area contributed by atoms with E-state index >= 15 is 0 Å². The molecule has 12 heavy (non-hydrogen) atoms. The van der Waals surface area contributed by atoms with Gasteiger partial charge >= 0.3 is 0 Å². The zero-order valence-corrected chi connectivity index (χ0v) is 8.64. The predicted octanol–water partition coefficient (Wildman–Crippen LogP) is 2.10. The highest BCUT2D eigenvalue weighted by atomic mass is 16.1. The molecule has 0 aromatic carbocycles. The number of amides is 1. The second kappa shape index (κ2) is 4.29. The highest BCUT2D eigenvalue weighted by molar-refractivity contribution is 5.93. The lowest BCUT2D eigenvalue weighted by molar-refractivity contribution is -0.115. The minimum Gasteiger partial charge on any atom is -0.366 e. The second-order valence-electron chi connectivity index (χ2n) is 3.77. The summed E-state index contributed by atoms with van der Waals surface area (Å²) in [7, 11) is 0. The number of nitrogens with two attached hydrogens (primary N) is 1. The van der Waals surface area contributed by atoms with E-state index in [9.17, 15) is 4.79 Å². The summed E-state index contributed by atoms with van der Waals surface area (Å²) in [5.41, 5.74) is 7.17. The highest BCUT2D eigenvalue weighted by Gasteiger charge is 2.14. The molecule has 0 aromatic rings. The summed E-state index contributed by atoms with van der Waals surface area (Å²) in [6, 6.07) is 0. The Morgan fingerprint density at radius 1 is 1.08 bits per heavy atom. The molecule has 0 bridgehead atoms. The SMILES string of the molecule is CC(=C(C(N)=O)C(C)C)C(C)C. The maximum atomic E-state index is 11.1. The molecule has 0 aliphatic carbocycles. The Morgan fingerprint density at radius 2 is 1.50 bits per heavy atom. The maximum Gasteiger partial charge on any atom is 0.244 e. The molecule has 0 rings (SSSR count). The van der Waals surface area contributed by atoms with Gasteiger partial charge in [0.1, 0.15) is 0 Å². The van der Waals surface area contributed by atoms with Gasteiger partial charge in [0.2, 0.25) is 5.91 Å². The van der Waals surface area contributed by atoms with Crippen molar-refractivity contribution < 1.29 is 4.79 Å². The van der Waals surface area contributed by atoms with Gasteiger partial charge in [0, 0.05) is 5.57 Å². The zero-order valence-electron chi connectivity index (χ0n) is 8.64.